The van der Waals surface area contributed by atoms with Crippen molar-refractivity contribution in [3.63, 3.8) is 0 Å². The van der Waals surface area contributed by atoms with E-state index in [0.29, 0.717) is 6.04 Å². The predicted octanol–water partition coefficient (Wildman–Crippen LogP) is 2.71. The summed E-state index contributed by atoms with van der Waals surface area (Å²) < 4.78 is 5.53. The van der Waals surface area contributed by atoms with Crippen molar-refractivity contribution in [1.29, 1.82) is 0 Å². The monoisotopic (exact) mass is 208 g/mol. The molecular formula is C12H20N2O. The number of oxazole rings is 1. The molecule has 0 spiro atoms. The van der Waals surface area contributed by atoms with Crippen molar-refractivity contribution < 1.29 is 4.42 Å². The summed E-state index contributed by atoms with van der Waals surface area (Å²) >= 11 is 0. The van der Waals surface area contributed by atoms with Crippen molar-refractivity contribution in [1.82, 2.24) is 10.3 Å². The molecule has 1 aliphatic rings. The van der Waals surface area contributed by atoms with Gasteiger partial charge in [0, 0.05) is 13.0 Å². The van der Waals surface area contributed by atoms with Crippen LogP contribution in [0, 0.1) is 13.8 Å². The van der Waals surface area contributed by atoms with Crippen LogP contribution >= 0.6 is 0 Å². The predicted molar refractivity (Wildman–Crippen MR) is 59.7 cm³/mol. The molecule has 1 aromatic heterocycles. The van der Waals surface area contributed by atoms with Gasteiger partial charge < -0.3 is 9.73 Å². The lowest BCUT2D eigenvalue weighted by Gasteiger charge is -2.22. The molecule has 0 amide bonds. The minimum Gasteiger partial charge on any atom is -0.444 e. The van der Waals surface area contributed by atoms with E-state index in [9.17, 15) is 0 Å². The van der Waals surface area contributed by atoms with Gasteiger partial charge in [-0.15, -0.1) is 0 Å². The van der Waals surface area contributed by atoms with Gasteiger partial charge >= 0.3 is 0 Å². The molecule has 1 aromatic rings. The third-order valence-electron chi connectivity index (χ3n) is 3.16. The summed E-state index contributed by atoms with van der Waals surface area (Å²) in [4.78, 5) is 4.27. The van der Waals surface area contributed by atoms with Crippen molar-refractivity contribution >= 4 is 0 Å². The molecular weight excluding hydrogens is 188 g/mol. The van der Waals surface area contributed by atoms with Crippen LogP contribution in [0.25, 0.3) is 0 Å². The molecule has 84 valence electrons. The zero-order valence-corrected chi connectivity index (χ0v) is 9.68. The Hall–Kier alpha value is -0.830. The molecule has 0 saturated heterocycles. The van der Waals surface area contributed by atoms with E-state index < -0.39 is 0 Å². The van der Waals surface area contributed by atoms with Crippen molar-refractivity contribution in [2.24, 2.45) is 0 Å². The second kappa shape index (κ2) is 4.79. The lowest BCUT2D eigenvalue weighted by atomic mass is 9.95. The number of hydrogen-bond donors (Lipinski definition) is 1. The van der Waals surface area contributed by atoms with Gasteiger partial charge in [-0.2, -0.15) is 0 Å². The first-order valence-electron chi connectivity index (χ1n) is 5.92. The first-order valence-corrected chi connectivity index (χ1v) is 5.92. The third kappa shape index (κ3) is 2.81. The van der Waals surface area contributed by atoms with E-state index in [4.69, 9.17) is 4.42 Å². The summed E-state index contributed by atoms with van der Waals surface area (Å²) in [5, 5.41) is 3.56. The Labute approximate surface area is 91.3 Å². The smallest absolute Gasteiger partial charge is 0.191 e. The van der Waals surface area contributed by atoms with Gasteiger partial charge in [-0.3, -0.25) is 0 Å². The molecule has 0 atom stereocenters. The number of nitrogens with one attached hydrogen (secondary N) is 1. The first-order chi connectivity index (χ1) is 7.25. The van der Waals surface area contributed by atoms with Crippen molar-refractivity contribution in [3.8, 4) is 0 Å². The molecule has 2 rings (SSSR count). The number of nitrogens with zero attached hydrogens (tertiary/aromatic N) is 1. The van der Waals surface area contributed by atoms with Crippen molar-refractivity contribution in [2.45, 2.75) is 58.5 Å². The molecule has 0 bridgehead atoms. The Morgan fingerprint density at radius 1 is 1.27 bits per heavy atom. The molecule has 15 heavy (non-hydrogen) atoms. The Kier molecular flexibility index (Phi) is 3.41. The zero-order chi connectivity index (χ0) is 10.7. The molecule has 1 heterocycles. The fourth-order valence-corrected chi connectivity index (χ4v) is 2.28. The van der Waals surface area contributed by atoms with Gasteiger partial charge in [0.15, 0.2) is 5.89 Å². The van der Waals surface area contributed by atoms with Crippen LogP contribution in [0.3, 0.4) is 0 Å². The number of rotatable bonds is 3. The van der Waals surface area contributed by atoms with E-state index >= 15 is 0 Å². The summed E-state index contributed by atoms with van der Waals surface area (Å²) in [5.41, 5.74) is 1.02. The van der Waals surface area contributed by atoms with E-state index in [0.717, 1.165) is 23.9 Å². The number of aryl methyl sites for hydroxylation is 2. The third-order valence-corrected chi connectivity index (χ3v) is 3.16. The van der Waals surface area contributed by atoms with Crippen LogP contribution in [-0.4, -0.2) is 11.0 Å². The van der Waals surface area contributed by atoms with E-state index in [2.05, 4.69) is 10.3 Å². The summed E-state index contributed by atoms with van der Waals surface area (Å²) in [5.74, 6) is 1.77. The van der Waals surface area contributed by atoms with Crippen LogP contribution in [0.15, 0.2) is 4.42 Å². The summed E-state index contributed by atoms with van der Waals surface area (Å²) in [7, 11) is 0. The van der Waals surface area contributed by atoms with E-state index in [1.54, 1.807) is 0 Å². The van der Waals surface area contributed by atoms with Crippen LogP contribution in [0.1, 0.15) is 49.4 Å². The maximum Gasteiger partial charge on any atom is 0.191 e. The number of aromatic nitrogens is 1. The SMILES string of the molecule is Cc1nc(C)c(CNC2CCCCC2)o1. The lowest BCUT2D eigenvalue weighted by Crippen LogP contribution is -2.30. The molecule has 0 radical (unpaired) electrons. The largest absolute Gasteiger partial charge is 0.444 e. The molecule has 0 unspecified atom stereocenters. The fraction of sp³-hybridized carbons (Fsp3) is 0.750. The van der Waals surface area contributed by atoms with Gasteiger partial charge in [0.1, 0.15) is 5.76 Å². The molecule has 1 aliphatic carbocycles. The van der Waals surface area contributed by atoms with Crippen LogP contribution in [-0.2, 0) is 6.54 Å². The molecule has 3 nitrogen and oxygen atoms in total. The Morgan fingerprint density at radius 2 is 2.00 bits per heavy atom. The van der Waals surface area contributed by atoms with Gasteiger partial charge in [-0.1, -0.05) is 19.3 Å². The lowest BCUT2D eigenvalue weighted by molar-refractivity contribution is 0.353. The highest BCUT2D eigenvalue weighted by Crippen LogP contribution is 2.18. The second-order valence-electron chi connectivity index (χ2n) is 4.46. The molecule has 1 fully saturated rings. The average molecular weight is 208 g/mol. The quantitative estimate of drug-likeness (QED) is 0.830. The molecule has 1 N–H and O–H groups in total. The average Bonchev–Trinajstić information content (AvgIpc) is 2.56. The van der Waals surface area contributed by atoms with E-state index in [-0.39, 0.29) is 0 Å². The van der Waals surface area contributed by atoms with Crippen molar-refractivity contribution in [3.05, 3.63) is 17.3 Å². The standard InChI is InChI=1S/C12H20N2O/c1-9-12(15-10(2)14-9)8-13-11-6-4-3-5-7-11/h11,13H,3-8H2,1-2H3. The highest BCUT2D eigenvalue weighted by atomic mass is 16.4. The van der Waals surface area contributed by atoms with Crippen LogP contribution < -0.4 is 5.32 Å². The van der Waals surface area contributed by atoms with E-state index in [1.165, 1.54) is 32.1 Å². The minimum absolute atomic E-state index is 0.684. The Bertz CT molecular complexity index is 313. The maximum atomic E-state index is 5.53. The van der Waals surface area contributed by atoms with Gasteiger partial charge in [-0.05, 0) is 19.8 Å². The topological polar surface area (TPSA) is 38.1 Å². The molecule has 0 aliphatic heterocycles. The first kappa shape index (κ1) is 10.7. The second-order valence-corrected chi connectivity index (χ2v) is 4.46. The van der Waals surface area contributed by atoms with Crippen LogP contribution in [0.5, 0.6) is 0 Å². The maximum absolute atomic E-state index is 5.53. The molecule has 1 saturated carbocycles. The highest BCUT2D eigenvalue weighted by molar-refractivity contribution is 5.07. The van der Waals surface area contributed by atoms with Gasteiger partial charge in [0.05, 0.1) is 12.2 Å². The zero-order valence-electron chi connectivity index (χ0n) is 9.68. The van der Waals surface area contributed by atoms with Crippen LogP contribution in [0.2, 0.25) is 0 Å². The van der Waals surface area contributed by atoms with Crippen molar-refractivity contribution in [2.75, 3.05) is 0 Å². The normalized spacial score (nSPS) is 18.3. The van der Waals surface area contributed by atoms with Gasteiger partial charge in [0.25, 0.3) is 0 Å². The minimum atomic E-state index is 0.684. The number of hydrogen-bond acceptors (Lipinski definition) is 3. The van der Waals surface area contributed by atoms with E-state index in [1.807, 2.05) is 13.8 Å². The summed E-state index contributed by atoms with van der Waals surface area (Å²) in [6.07, 6.45) is 6.76. The molecule has 3 heteroatoms. The Balaban J connectivity index is 1.84. The summed E-state index contributed by atoms with van der Waals surface area (Å²) in [6, 6.07) is 0.684. The fourth-order valence-electron chi connectivity index (χ4n) is 2.28. The van der Waals surface area contributed by atoms with Crippen LogP contribution in [0.4, 0.5) is 0 Å². The van der Waals surface area contributed by atoms with Gasteiger partial charge in [0.2, 0.25) is 0 Å². The summed E-state index contributed by atoms with van der Waals surface area (Å²) in [6.45, 7) is 4.74. The highest BCUT2D eigenvalue weighted by Gasteiger charge is 2.14. The Morgan fingerprint density at radius 3 is 2.60 bits per heavy atom. The molecule has 0 aromatic carbocycles. The van der Waals surface area contributed by atoms with Gasteiger partial charge in [-0.25, -0.2) is 4.98 Å².